The van der Waals surface area contributed by atoms with Crippen molar-refractivity contribution in [3.05, 3.63) is 70.8 Å². The molecule has 0 unspecified atom stereocenters. The van der Waals surface area contributed by atoms with Gasteiger partial charge in [-0.3, -0.25) is 4.79 Å². The molecule has 0 aliphatic heterocycles. The summed E-state index contributed by atoms with van der Waals surface area (Å²) < 4.78 is 0. The number of ketones is 1. The van der Waals surface area contributed by atoms with E-state index in [1.807, 2.05) is 31.2 Å². The first-order valence-corrected chi connectivity index (χ1v) is 6.75. The smallest absolute Gasteiger partial charge is 0.167 e. The minimum Gasteiger partial charge on any atom is -0.294 e. The molecule has 0 spiro atoms. The predicted molar refractivity (Wildman–Crippen MR) is 79.7 cm³/mol. The van der Waals surface area contributed by atoms with Gasteiger partial charge >= 0.3 is 0 Å². The molecule has 0 heterocycles. The lowest BCUT2D eigenvalue weighted by Gasteiger charge is -2.07. The van der Waals surface area contributed by atoms with E-state index in [9.17, 15) is 4.79 Å². The third-order valence-corrected chi connectivity index (χ3v) is 3.35. The Morgan fingerprint density at radius 1 is 1.05 bits per heavy atom. The summed E-state index contributed by atoms with van der Waals surface area (Å²) in [5.41, 5.74) is 4.32. The second-order valence-corrected chi connectivity index (χ2v) is 5.37. The summed E-state index contributed by atoms with van der Waals surface area (Å²) in [7, 11) is 0. The first-order valence-electron chi connectivity index (χ1n) is 6.75. The number of benzene rings is 2. The minimum atomic E-state index is 0.181. The second kappa shape index (κ2) is 5.83. The maximum Gasteiger partial charge on any atom is 0.167 e. The highest BCUT2D eigenvalue weighted by Crippen LogP contribution is 2.16. The molecule has 1 nitrogen and oxygen atoms in total. The van der Waals surface area contributed by atoms with E-state index in [0.717, 1.165) is 16.7 Å². The van der Waals surface area contributed by atoms with Crippen LogP contribution in [0.1, 0.15) is 46.8 Å². The summed E-state index contributed by atoms with van der Waals surface area (Å²) in [6.07, 6.45) is 0.474. The fraction of sp³-hybridized carbons (Fsp3) is 0.278. The molecule has 2 aromatic rings. The lowest BCUT2D eigenvalue weighted by Crippen LogP contribution is -2.03. The Balaban J connectivity index is 2.10. The fourth-order valence-electron chi connectivity index (χ4n) is 2.13. The summed E-state index contributed by atoms with van der Waals surface area (Å²) in [6.45, 7) is 6.36. The van der Waals surface area contributed by atoms with Gasteiger partial charge in [0.1, 0.15) is 0 Å². The van der Waals surface area contributed by atoms with Crippen LogP contribution in [0, 0.1) is 6.92 Å². The molecule has 0 atom stereocenters. The van der Waals surface area contributed by atoms with Gasteiger partial charge in [0.2, 0.25) is 0 Å². The summed E-state index contributed by atoms with van der Waals surface area (Å²) in [5.74, 6) is 0.711. The number of carbonyl (C=O) groups is 1. The Morgan fingerprint density at radius 2 is 1.74 bits per heavy atom. The van der Waals surface area contributed by atoms with E-state index in [0.29, 0.717) is 12.3 Å². The molecule has 98 valence electrons. The van der Waals surface area contributed by atoms with Crippen molar-refractivity contribution in [3.63, 3.8) is 0 Å². The fourth-order valence-corrected chi connectivity index (χ4v) is 2.13. The molecular weight excluding hydrogens is 232 g/mol. The second-order valence-electron chi connectivity index (χ2n) is 5.37. The van der Waals surface area contributed by atoms with Crippen molar-refractivity contribution in [1.29, 1.82) is 0 Å². The average Bonchev–Trinajstić information content (AvgIpc) is 2.39. The SMILES string of the molecule is Cc1cccc(C(=O)Cc2ccc(C(C)C)cc2)c1. The normalized spacial score (nSPS) is 10.7. The zero-order valence-electron chi connectivity index (χ0n) is 11.8. The van der Waals surface area contributed by atoms with Crippen LogP contribution in [0.4, 0.5) is 0 Å². The van der Waals surface area contributed by atoms with Crippen LogP contribution in [0.3, 0.4) is 0 Å². The molecule has 1 heteroatoms. The molecule has 2 rings (SSSR count). The lowest BCUT2D eigenvalue weighted by molar-refractivity contribution is 0.0993. The Kier molecular flexibility index (Phi) is 4.16. The first kappa shape index (κ1) is 13.5. The Hall–Kier alpha value is -1.89. The number of rotatable bonds is 4. The zero-order chi connectivity index (χ0) is 13.8. The number of Topliss-reactive ketones (excluding diaryl/α,β-unsaturated/α-hetero) is 1. The molecule has 19 heavy (non-hydrogen) atoms. The van der Waals surface area contributed by atoms with Crippen LogP contribution in [0.15, 0.2) is 48.5 Å². The molecule has 0 saturated carbocycles. The molecule has 0 bridgehead atoms. The highest BCUT2D eigenvalue weighted by atomic mass is 16.1. The zero-order valence-corrected chi connectivity index (χ0v) is 11.8. The van der Waals surface area contributed by atoms with Gasteiger partial charge in [0.05, 0.1) is 0 Å². The van der Waals surface area contributed by atoms with Crippen LogP contribution in [-0.2, 0) is 6.42 Å². The van der Waals surface area contributed by atoms with Crippen LogP contribution in [-0.4, -0.2) is 5.78 Å². The molecule has 0 fully saturated rings. The van der Waals surface area contributed by atoms with E-state index in [1.165, 1.54) is 5.56 Å². The summed E-state index contributed by atoms with van der Waals surface area (Å²) in [5, 5.41) is 0. The molecule has 0 aliphatic carbocycles. The predicted octanol–water partition coefficient (Wildman–Crippen LogP) is 4.54. The largest absolute Gasteiger partial charge is 0.294 e. The lowest BCUT2D eigenvalue weighted by atomic mass is 9.98. The minimum absolute atomic E-state index is 0.181. The summed E-state index contributed by atoms with van der Waals surface area (Å²) in [6, 6.07) is 16.1. The molecule has 0 aliphatic rings. The van der Waals surface area contributed by atoms with Gasteiger partial charge in [-0.1, -0.05) is 61.9 Å². The van der Waals surface area contributed by atoms with Gasteiger partial charge in [0.25, 0.3) is 0 Å². The van der Waals surface area contributed by atoms with E-state index < -0.39 is 0 Å². The van der Waals surface area contributed by atoms with Crippen molar-refractivity contribution in [1.82, 2.24) is 0 Å². The van der Waals surface area contributed by atoms with Gasteiger partial charge in [0.15, 0.2) is 5.78 Å². The van der Waals surface area contributed by atoms with Crippen molar-refractivity contribution in [3.8, 4) is 0 Å². The monoisotopic (exact) mass is 252 g/mol. The maximum absolute atomic E-state index is 12.2. The van der Waals surface area contributed by atoms with Crippen LogP contribution >= 0.6 is 0 Å². The van der Waals surface area contributed by atoms with Gasteiger partial charge in [-0.25, -0.2) is 0 Å². The van der Waals surface area contributed by atoms with Crippen molar-refractivity contribution >= 4 is 5.78 Å². The molecular formula is C18H20O. The molecule has 0 saturated heterocycles. The van der Waals surface area contributed by atoms with E-state index >= 15 is 0 Å². The summed E-state index contributed by atoms with van der Waals surface area (Å²) >= 11 is 0. The number of hydrogen-bond donors (Lipinski definition) is 0. The summed E-state index contributed by atoms with van der Waals surface area (Å²) in [4.78, 5) is 12.2. The Morgan fingerprint density at radius 3 is 2.32 bits per heavy atom. The van der Waals surface area contributed by atoms with Crippen molar-refractivity contribution in [2.75, 3.05) is 0 Å². The third-order valence-electron chi connectivity index (χ3n) is 3.35. The average molecular weight is 252 g/mol. The highest BCUT2D eigenvalue weighted by molar-refractivity contribution is 5.97. The first-order chi connectivity index (χ1) is 9.06. The van der Waals surface area contributed by atoms with Crippen molar-refractivity contribution in [2.45, 2.75) is 33.1 Å². The number of hydrogen-bond acceptors (Lipinski definition) is 1. The van der Waals surface area contributed by atoms with Crippen LogP contribution in [0.25, 0.3) is 0 Å². The topological polar surface area (TPSA) is 17.1 Å². The quantitative estimate of drug-likeness (QED) is 0.730. The maximum atomic E-state index is 12.2. The number of aryl methyl sites for hydroxylation is 1. The van der Waals surface area contributed by atoms with Crippen LogP contribution in [0.2, 0.25) is 0 Å². The van der Waals surface area contributed by atoms with E-state index in [1.54, 1.807) is 0 Å². The van der Waals surface area contributed by atoms with Crippen molar-refractivity contribution < 1.29 is 4.79 Å². The number of carbonyl (C=O) groups excluding carboxylic acids is 1. The van der Waals surface area contributed by atoms with Gasteiger partial charge in [-0.15, -0.1) is 0 Å². The molecule has 0 radical (unpaired) electrons. The van der Waals surface area contributed by atoms with Crippen LogP contribution < -0.4 is 0 Å². The van der Waals surface area contributed by atoms with Gasteiger partial charge in [0, 0.05) is 12.0 Å². The molecule has 0 aromatic heterocycles. The van der Waals surface area contributed by atoms with Gasteiger partial charge < -0.3 is 0 Å². The van der Waals surface area contributed by atoms with E-state index in [2.05, 4.69) is 38.1 Å². The van der Waals surface area contributed by atoms with Gasteiger partial charge in [-0.05, 0) is 30.0 Å². The van der Waals surface area contributed by atoms with Gasteiger partial charge in [-0.2, -0.15) is 0 Å². The molecule has 0 amide bonds. The van der Waals surface area contributed by atoms with E-state index in [-0.39, 0.29) is 5.78 Å². The van der Waals surface area contributed by atoms with Crippen LogP contribution in [0.5, 0.6) is 0 Å². The Bertz CT molecular complexity index is 564. The Labute approximate surface area is 115 Å². The molecule has 2 aromatic carbocycles. The van der Waals surface area contributed by atoms with E-state index in [4.69, 9.17) is 0 Å². The molecule has 0 N–H and O–H groups in total. The van der Waals surface area contributed by atoms with Crippen molar-refractivity contribution in [2.24, 2.45) is 0 Å². The highest BCUT2D eigenvalue weighted by Gasteiger charge is 2.07. The standard InChI is InChI=1S/C18H20O/c1-13(2)16-9-7-15(8-10-16)12-18(19)17-6-4-5-14(3)11-17/h4-11,13H,12H2,1-3H3. The third kappa shape index (κ3) is 3.54.